The van der Waals surface area contributed by atoms with Gasteiger partial charge in [-0.05, 0) is 30.5 Å². The molecule has 1 aromatic carbocycles. The lowest BCUT2D eigenvalue weighted by Crippen LogP contribution is -2.39. The lowest BCUT2D eigenvalue weighted by Gasteiger charge is -2.29. The van der Waals surface area contributed by atoms with Gasteiger partial charge in [0.2, 0.25) is 0 Å². The van der Waals surface area contributed by atoms with E-state index in [1.807, 2.05) is 12.1 Å². The minimum atomic E-state index is -0.156. The fourth-order valence-electron chi connectivity index (χ4n) is 3.75. The van der Waals surface area contributed by atoms with E-state index < -0.39 is 0 Å². The average molecular weight is 335 g/mol. The smallest absolute Gasteiger partial charge is 0.271 e. The van der Waals surface area contributed by atoms with Crippen LogP contribution in [-0.4, -0.2) is 22.6 Å². The molecule has 3 aromatic rings. The maximum atomic E-state index is 12.5. The fourth-order valence-corrected chi connectivity index (χ4v) is 3.75. The van der Waals surface area contributed by atoms with Crippen molar-refractivity contribution in [2.45, 2.75) is 31.1 Å². The summed E-state index contributed by atoms with van der Waals surface area (Å²) in [6.07, 6.45) is 6.22. The first-order valence-electron chi connectivity index (χ1n) is 8.70. The van der Waals surface area contributed by atoms with Crippen molar-refractivity contribution in [1.29, 1.82) is 0 Å². The minimum Gasteiger partial charge on any atom is -0.463 e. The van der Waals surface area contributed by atoms with E-state index in [4.69, 9.17) is 4.42 Å². The molecule has 0 spiro atoms. The number of H-pyrrole nitrogens is 1. The number of hydrogen-bond acceptors (Lipinski definition) is 3. The third kappa shape index (κ3) is 3.09. The number of rotatable bonds is 5. The van der Waals surface area contributed by atoms with Crippen LogP contribution in [0.15, 0.2) is 59.2 Å². The van der Waals surface area contributed by atoms with Gasteiger partial charge in [0.25, 0.3) is 5.91 Å². The monoisotopic (exact) mass is 335 g/mol. The quantitative estimate of drug-likeness (QED) is 0.742. The van der Waals surface area contributed by atoms with E-state index in [0.29, 0.717) is 23.7 Å². The highest BCUT2D eigenvalue weighted by Crippen LogP contribution is 2.40. The van der Waals surface area contributed by atoms with Crippen molar-refractivity contribution in [3.63, 3.8) is 0 Å². The number of nitrogens with one attached hydrogen (secondary N) is 2. The van der Waals surface area contributed by atoms with Crippen molar-refractivity contribution in [3.05, 3.63) is 66.1 Å². The zero-order chi connectivity index (χ0) is 17.1. The number of furan rings is 1. The summed E-state index contributed by atoms with van der Waals surface area (Å²) in [6, 6.07) is 15.9. The van der Waals surface area contributed by atoms with Crippen LogP contribution in [0.3, 0.4) is 0 Å². The van der Waals surface area contributed by atoms with Gasteiger partial charge in [0, 0.05) is 18.0 Å². The maximum absolute atomic E-state index is 12.5. The lowest BCUT2D eigenvalue weighted by molar-refractivity contribution is 0.0938. The number of carbonyl (C=O) groups excluding carboxylic acids is 1. The molecule has 0 unspecified atom stereocenters. The standard InChI is InChI=1S/C20H21N3O2/c24-19(17-13-16(22-23-17)18-9-6-12-25-18)21-14-20(10-4-5-11-20)15-7-2-1-3-8-15/h1-3,6-9,12-13H,4-5,10-11,14H2,(H,21,24)(H,22,23). The topological polar surface area (TPSA) is 70.9 Å². The van der Waals surface area contributed by atoms with Crippen LogP contribution in [-0.2, 0) is 5.41 Å². The molecule has 1 aliphatic rings. The third-order valence-electron chi connectivity index (χ3n) is 5.13. The third-order valence-corrected chi connectivity index (χ3v) is 5.13. The number of benzene rings is 1. The normalized spacial score (nSPS) is 16.0. The number of aromatic nitrogens is 2. The Morgan fingerprint density at radius 1 is 1.16 bits per heavy atom. The summed E-state index contributed by atoms with van der Waals surface area (Å²) in [5.41, 5.74) is 2.43. The Morgan fingerprint density at radius 3 is 2.68 bits per heavy atom. The summed E-state index contributed by atoms with van der Waals surface area (Å²) in [5, 5.41) is 10.1. The van der Waals surface area contributed by atoms with E-state index in [0.717, 1.165) is 12.8 Å². The predicted octanol–water partition coefficient (Wildman–Crippen LogP) is 3.91. The maximum Gasteiger partial charge on any atom is 0.271 e. The molecule has 1 saturated carbocycles. The Bertz CT molecular complexity index is 831. The van der Waals surface area contributed by atoms with Crippen LogP contribution in [0.2, 0.25) is 0 Å². The molecule has 2 N–H and O–H groups in total. The molecule has 0 radical (unpaired) electrons. The summed E-state index contributed by atoms with van der Waals surface area (Å²) in [5.74, 6) is 0.513. The first-order chi connectivity index (χ1) is 12.3. The molecular weight excluding hydrogens is 314 g/mol. The van der Waals surface area contributed by atoms with Gasteiger partial charge in [0.1, 0.15) is 5.69 Å². The number of hydrogen-bond donors (Lipinski definition) is 2. The molecule has 0 saturated heterocycles. The van der Waals surface area contributed by atoms with Crippen LogP contribution in [0.25, 0.3) is 11.5 Å². The van der Waals surface area contributed by atoms with E-state index in [-0.39, 0.29) is 11.3 Å². The molecule has 0 atom stereocenters. The van der Waals surface area contributed by atoms with Crippen LogP contribution >= 0.6 is 0 Å². The van der Waals surface area contributed by atoms with Gasteiger partial charge in [-0.3, -0.25) is 9.89 Å². The Labute approximate surface area is 146 Å². The van der Waals surface area contributed by atoms with Crippen LogP contribution in [0.5, 0.6) is 0 Å². The first-order valence-corrected chi connectivity index (χ1v) is 8.70. The summed E-state index contributed by atoms with van der Waals surface area (Å²) in [6.45, 7) is 0.638. The van der Waals surface area contributed by atoms with Crippen molar-refractivity contribution in [2.75, 3.05) is 6.54 Å². The lowest BCUT2D eigenvalue weighted by atomic mass is 9.79. The second-order valence-corrected chi connectivity index (χ2v) is 6.68. The Kier molecular flexibility index (Phi) is 4.14. The van der Waals surface area contributed by atoms with Gasteiger partial charge in [-0.15, -0.1) is 0 Å². The molecule has 1 fully saturated rings. The molecule has 2 aromatic heterocycles. The van der Waals surface area contributed by atoms with Crippen LogP contribution in [0, 0.1) is 0 Å². The van der Waals surface area contributed by atoms with Gasteiger partial charge >= 0.3 is 0 Å². The number of nitrogens with zero attached hydrogens (tertiary/aromatic N) is 1. The van der Waals surface area contributed by atoms with Crippen LogP contribution in [0.1, 0.15) is 41.7 Å². The van der Waals surface area contributed by atoms with Crippen molar-refractivity contribution >= 4 is 5.91 Å². The van der Waals surface area contributed by atoms with E-state index in [2.05, 4.69) is 39.8 Å². The van der Waals surface area contributed by atoms with Crippen LogP contribution < -0.4 is 5.32 Å². The van der Waals surface area contributed by atoms with Crippen molar-refractivity contribution in [1.82, 2.24) is 15.5 Å². The molecule has 1 amide bonds. The molecule has 25 heavy (non-hydrogen) atoms. The highest BCUT2D eigenvalue weighted by atomic mass is 16.3. The minimum absolute atomic E-state index is 0.0388. The largest absolute Gasteiger partial charge is 0.463 e. The highest BCUT2D eigenvalue weighted by molar-refractivity contribution is 5.93. The highest BCUT2D eigenvalue weighted by Gasteiger charge is 2.35. The number of carbonyl (C=O) groups is 1. The average Bonchev–Trinajstić information content (AvgIpc) is 3.42. The molecule has 0 aliphatic heterocycles. The van der Waals surface area contributed by atoms with Gasteiger partial charge in [-0.2, -0.15) is 5.10 Å². The molecule has 2 heterocycles. The van der Waals surface area contributed by atoms with Gasteiger partial charge < -0.3 is 9.73 Å². The van der Waals surface area contributed by atoms with Crippen LogP contribution in [0.4, 0.5) is 0 Å². The second kappa shape index (κ2) is 6.59. The summed E-state index contributed by atoms with van der Waals surface area (Å²) in [4.78, 5) is 12.5. The van der Waals surface area contributed by atoms with Gasteiger partial charge in [-0.25, -0.2) is 0 Å². The number of amides is 1. The molecule has 0 bridgehead atoms. The summed E-state index contributed by atoms with van der Waals surface area (Å²) >= 11 is 0. The summed E-state index contributed by atoms with van der Waals surface area (Å²) < 4.78 is 5.32. The molecule has 5 nitrogen and oxygen atoms in total. The number of aromatic amines is 1. The molecule has 4 rings (SSSR count). The zero-order valence-electron chi connectivity index (χ0n) is 14.0. The Hall–Kier alpha value is -2.82. The van der Waals surface area contributed by atoms with Gasteiger partial charge in [0.05, 0.1) is 6.26 Å². The predicted molar refractivity (Wildman–Crippen MR) is 95.2 cm³/mol. The van der Waals surface area contributed by atoms with Gasteiger partial charge in [-0.1, -0.05) is 43.2 Å². The summed E-state index contributed by atoms with van der Waals surface area (Å²) in [7, 11) is 0. The Balaban J connectivity index is 1.47. The van der Waals surface area contributed by atoms with E-state index in [1.165, 1.54) is 18.4 Å². The SMILES string of the molecule is O=C(NCC1(c2ccccc2)CCCC1)c1cc(-c2ccco2)[nH]n1. The van der Waals surface area contributed by atoms with Crippen molar-refractivity contribution in [2.24, 2.45) is 0 Å². The second-order valence-electron chi connectivity index (χ2n) is 6.68. The first kappa shape index (κ1) is 15.7. The van der Waals surface area contributed by atoms with E-state index in [1.54, 1.807) is 18.4 Å². The molecule has 5 heteroatoms. The zero-order valence-corrected chi connectivity index (χ0v) is 14.0. The van der Waals surface area contributed by atoms with Gasteiger partial charge in [0.15, 0.2) is 11.5 Å². The van der Waals surface area contributed by atoms with Crippen molar-refractivity contribution in [3.8, 4) is 11.5 Å². The molecule has 128 valence electrons. The van der Waals surface area contributed by atoms with E-state index in [9.17, 15) is 4.79 Å². The fraction of sp³-hybridized carbons (Fsp3) is 0.300. The Morgan fingerprint density at radius 2 is 1.96 bits per heavy atom. The molecular formula is C20H21N3O2. The molecule has 1 aliphatic carbocycles. The van der Waals surface area contributed by atoms with Crippen molar-refractivity contribution < 1.29 is 9.21 Å². The van der Waals surface area contributed by atoms with E-state index >= 15 is 0 Å².